The Morgan fingerprint density at radius 3 is 2.09 bits per heavy atom. The van der Waals surface area contributed by atoms with E-state index in [4.69, 9.17) is 9.47 Å². The lowest BCUT2D eigenvalue weighted by atomic mass is 9.97. The second kappa shape index (κ2) is 8.41. The third kappa shape index (κ3) is 5.76. The van der Waals surface area contributed by atoms with Crippen molar-refractivity contribution in [1.82, 2.24) is 0 Å². The molecule has 0 spiro atoms. The molecule has 0 aliphatic carbocycles. The molecule has 2 unspecified atom stereocenters. The SMILES string of the molecule is COC(=O)OC(C)OC(=O)C(C)c1ccc(CC(C)C)cc1. The Labute approximate surface area is 131 Å². The number of rotatable bonds is 6. The monoisotopic (exact) mass is 308 g/mol. The van der Waals surface area contributed by atoms with Crippen LogP contribution in [0.1, 0.15) is 44.7 Å². The average molecular weight is 308 g/mol. The first kappa shape index (κ1) is 18.0. The number of benzene rings is 1. The molecule has 0 aliphatic rings. The fourth-order valence-electron chi connectivity index (χ4n) is 2.02. The molecule has 0 saturated heterocycles. The van der Waals surface area contributed by atoms with E-state index in [1.54, 1.807) is 6.92 Å². The van der Waals surface area contributed by atoms with Crippen molar-refractivity contribution >= 4 is 12.1 Å². The highest BCUT2D eigenvalue weighted by molar-refractivity contribution is 5.77. The van der Waals surface area contributed by atoms with Crippen LogP contribution in [0, 0.1) is 5.92 Å². The minimum atomic E-state index is -0.984. The average Bonchev–Trinajstić information content (AvgIpc) is 2.46. The summed E-state index contributed by atoms with van der Waals surface area (Å²) in [6, 6.07) is 7.89. The van der Waals surface area contributed by atoms with Crippen molar-refractivity contribution in [2.45, 2.75) is 46.3 Å². The predicted octanol–water partition coefficient (Wildman–Crippen LogP) is 3.66. The summed E-state index contributed by atoms with van der Waals surface area (Å²) in [4.78, 5) is 23.0. The predicted molar refractivity (Wildman–Crippen MR) is 82.4 cm³/mol. The van der Waals surface area contributed by atoms with Gasteiger partial charge in [0.25, 0.3) is 0 Å². The first-order valence-electron chi connectivity index (χ1n) is 7.37. The Balaban J connectivity index is 2.60. The van der Waals surface area contributed by atoms with Crippen molar-refractivity contribution in [3.05, 3.63) is 35.4 Å². The molecule has 122 valence electrons. The largest absolute Gasteiger partial charge is 0.511 e. The standard InChI is InChI=1S/C17H24O5/c1-11(2)10-14-6-8-15(9-7-14)12(3)16(18)21-13(4)22-17(19)20-5/h6-9,11-13H,10H2,1-5H3. The van der Waals surface area contributed by atoms with Gasteiger partial charge in [-0.15, -0.1) is 0 Å². The van der Waals surface area contributed by atoms with Gasteiger partial charge in [-0.1, -0.05) is 38.1 Å². The van der Waals surface area contributed by atoms with Crippen molar-refractivity contribution in [3.8, 4) is 0 Å². The third-order valence-electron chi connectivity index (χ3n) is 3.19. The molecule has 0 N–H and O–H groups in total. The summed E-state index contributed by atoms with van der Waals surface area (Å²) in [6.45, 7) is 7.55. The molecular weight excluding hydrogens is 284 g/mol. The van der Waals surface area contributed by atoms with Crippen molar-refractivity contribution in [2.24, 2.45) is 5.92 Å². The van der Waals surface area contributed by atoms with Crippen molar-refractivity contribution in [3.63, 3.8) is 0 Å². The number of carbonyl (C=O) groups excluding carboxylic acids is 2. The van der Waals surface area contributed by atoms with E-state index < -0.39 is 24.3 Å². The summed E-state index contributed by atoms with van der Waals surface area (Å²) in [7, 11) is 1.19. The van der Waals surface area contributed by atoms with Crippen LogP contribution in [0.25, 0.3) is 0 Å². The molecule has 1 aromatic carbocycles. The van der Waals surface area contributed by atoms with Gasteiger partial charge in [0.15, 0.2) is 0 Å². The van der Waals surface area contributed by atoms with Crippen molar-refractivity contribution in [2.75, 3.05) is 7.11 Å². The third-order valence-corrected chi connectivity index (χ3v) is 3.19. The van der Waals surface area contributed by atoms with Crippen LogP contribution in [0.15, 0.2) is 24.3 Å². The molecule has 0 heterocycles. The number of hydrogen-bond acceptors (Lipinski definition) is 5. The molecule has 5 heteroatoms. The van der Waals surface area contributed by atoms with Gasteiger partial charge in [0.2, 0.25) is 6.29 Å². The Kier molecular flexibility index (Phi) is 6.89. The number of esters is 1. The number of carbonyl (C=O) groups is 2. The van der Waals surface area contributed by atoms with E-state index in [1.807, 2.05) is 24.3 Å². The zero-order chi connectivity index (χ0) is 16.7. The van der Waals surface area contributed by atoms with E-state index in [2.05, 4.69) is 18.6 Å². The molecule has 1 aromatic rings. The van der Waals surface area contributed by atoms with E-state index in [0.29, 0.717) is 5.92 Å². The van der Waals surface area contributed by atoms with Crippen LogP contribution in [-0.4, -0.2) is 25.5 Å². The van der Waals surface area contributed by atoms with Gasteiger partial charge in [0, 0.05) is 6.92 Å². The number of ether oxygens (including phenoxy) is 3. The van der Waals surface area contributed by atoms with Gasteiger partial charge >= 0.3 is 12.1 Å². The molecule has 22 heavy (non-hydrogen) atoms. The Morgan fingerprint density at radius 1 is 1.00 bits per heavy atom. The van der Waals surface area contributed by atoms with Crippen molar-refractivity contribution < 1.29 is 23.8 Å². The zero-order valence-electron chi connectivity index (χ0n) is 13.8. The smallest absolute Gasteiger partial charge is 0.438 e. The van der Waals surface area contributed by atoms with Gasteiger partial charge in [0.05, 0.1) is 13.0 Å². The van der Waals surface area contributed by atoms with Crippen LogP contribution in [0.4, 0.5) is 4.79 Å². The lowest BCUT2D eigenvalue weighted by molar-refractivity contribution is -0.168. The normalized spacial score (nSPS) is 13.4. The van der Waals surface area contributed by atoms with E-state index in [1.165, 1.54) is 19.6 Å². The fraction of sp³-hybridized carbons (Fsp3) is 0.529. The molecule has 5 nitrogen and oxygen atoms in total. The summed E-state index contributed by atoms with van der Waals surface area (Å²) in [5, 5.41) is 0. The minimum absolute atomic E-state index is 0.434. The van der Waals surface area contributed by atoms with Crippen LogP contribution in [0.3, 0.4) is 0 Å². The first-order chi connectivity index (χ1) is 10.3. The summed E-state index contributed by atoms with van der Waals surface area (Å²) in [5.41, 5.74) is 2.10. The fourth-order valence-corrected chi connectivity index (χ4v) is 2.02. The molecule has 0 amide bonds. The summed E-state index contributed by atoms with van der Waals surface area (Å²) >= 11 is 0. The lowest BCUT2D eigenvalue weighted by Gasteiger charge is -2.17. The van der Waals surface area contributed by atoms with Gasteiger partial charge in [-0.3, -0.25) is 4.79 Å². The molecule has 0 fully saturated rings. The van der Waals surface area contributed by atoms with E-state index >= 15 is 0 Å². The van der Waals surface area contributed by atoms with Gasteiger partial charge in [-0.25, -0.2) is 4.79 Å². The van der Waals surface area contributed by atoms with Gasteiger partial charge in [-0.2, -0.15) is 0 Å². The highest BCUT2D eigenvalue weighted by Crippen LogP contribution is 2.19. The first-order valence-corrected chi connectivity index (χ1v) is 7.37. The van der Waals surface area contributed by atoms with Gasteiger partial charge < -0.3 is 14.2 Å². The molecule has 0 bridgehead atoms. The summed E-state index contributed by atoms with van der Waals surface area (Å²) < 4.78 is 14.1. The Bertz CT molecular complexity index is 492. The minimum Gasteiger partial charge on any atom is -0.438 e. The van der Waals surface area contributed by atoms with Crippen molar-refractivity contribution in [1.29, 1.82) is 0 Å². The van der Waals surface area contributed by atoms with Crippen LogP contribution in [0.5, 0.6) is 0 Å². The van der Waals surface area contributed by atoms with Gasteiger partial charge in [-0.05, 0) is 30.4 Å². The highest BCUT2D eigenvalue weighted by atomic mass is 16.8. The second-order valence-electron chi connectivity index (χ2n) is 5.64. The molecule has 0 saturated carbocycles. The quantitative estimate of drug-likeness (QED) is 0.593. The molecule has 0 radical (unpaired) electrons. The summed E-state index contributed by atoms with van der Waals surface area (Å²) in [6.07, 6.45) is -0.864. The Morgan fingerprint density at radius 2 is 1.59 bits per heavy atom. The maximum Gasteiger partial charge on any atom is 0.511 e. The van der Waals surface area contributed by atoms with Crippen LogP contribution < -0.4 is 0 Å². The molecule has 2 atom stereocenters. The highest BCUT2D eigenvalue weighted by Gasteiger charge is 2.21. The van der Waals surface area contributed by atoms with Crippen LogP contribution in [0.2, 0.25) is 0 Å². The maximum atomic E-state index is 12.0. The van der Waals surface area contributed by atoms with Crippen LogP contribution in [-0.2, 0) is 25.4 Å². The molecule has 0 aliphatic heterocycles. The van der Waals surface area contributed by atoms with Crippen LogP contribution >= 0.6 is 0 Å². The topological polar surface area (TPSA) is 61.8 Å². The van der Waals surface area contributed by atoms with E-state index in [9.17, 15) is 9.59 Å². The number of hydrogen-bond donors (Lipinski definition) is 0. The van der Waals surface area contributed by atoms with E-state index in [0.717, 1.165) is 12.0 Å². The summed E-state index contributed by atoms with van der Waals surface area (Å²) in [5.74, 6) is -0.297. The maximum absolute atomic E-state index is 12.0. The Hall–Kier alpha value is -2.04. The van der Waals surface area contributed by atoms with E-state index in [-0.39, 0.29) is 0 Å². The molecule has 1 rings (SSSR count). The lowest BCUT2D eigenvalue weighted by Crippen LogP contribution is -2.24. The zero-order valence-corrected chi connectivity index (χ0v) is 13.8. The van der Waals surface area contributed by atoms with Gasteiger partial charge in [0.1, 0.15) is 0 Å². The number of methoxy groups -OCH3 is 1. The second-order valence-corrected chi connectivity index (χ2v) is 5.64. The molecular formula is C17H24O5. The molecule has 0 aromatic heterocycles.